The third-order valence-corrected chi connectivity index (χ3v) is 12.3. The summed E-state index contributed by atoms with van der Waals surface area (Å²) in [5.41, 5.74) is 4.46. The first-order valence-electron chi connectivity index (χ1n) is 16.5. The van der Waals surface area contributed by atoms with Crippen molar-refractivity contribution in [2.45, 2.75) is 92.8 Å². The molecule has 247 valence electrons. The van der Waals surface area contributed by atoms with Crippen molar-refractivity contribution >= 4 is 61.5 Å². The van der Waals surface area contributed by atoms with Crippen LogP contribution in [0.4, 0.5) is 0 Å². The van der Waals surface area contributed by atoms with Crippen LogP contribution in [0, 0.1) is 17.9 Å². The van der Waals surface area contributed by atoms with Gasteiger partial charge in [-0.2, -0.15) is 0 Å². The summed E-state index contributed by atoms with van der Waals surface area (Å²) in [6.45, 7) is 19.8. The molecule has 0 saturated heterocycles. The monoisotopic (exact) mass is 830 g/mol. The van der Waals surface area contributed by atoms with E-state index < -0.39 is 8.07 Å². The van der Waals surface area contributed by atoms with Gasteiger partial charge < -0.3 is 5.11 Å². The summed E-state index contributed by atoms with van der Waals surface area (Å²) in [6.07, 6.45) is 6.62. The standard InChI is InChI=1S/C26H25N2SSi.C13H24O2.Ir/c1-16(2)21-14-18(13-17-9-6-7-10-19(17)21)23-26-24(28-15-27-23)20-11-8-12-22(25(20)29-26)30(3,4)5;1-5-10(6-2)12(14)9-13(15)11(7-3)8-4;/h6-12,14-16H,1-5H3;9-11,14H,5-8H2,1-4H3;/q-1;;/b;12-9-;. The number of aromatic nitrogens is 2. The number of hydrogen-bond donors (Lipinski definition) is 1. The average molecular weight is 830 g/mol. The first-order valence-corrected chi connectivity index (χ1v) is 20.8. The van der Waals surface area contributed by atoms with Crippen LogP contribution in [-0.2, 0) is 24.9 Å². The maximum absolute atomic E-state index is 11.7. The predicted octanol–water partition coefficient (Wildman–Crippen LogP) is 11.0. The van der Waals surface area contributed by atoms with Gasteiger partial charge in [-0.15, -0.1) is 40.5 Å². The minimum Gasteiger partial charge on any atom is -0.512 e. The zero-order chi connectivity index (χ0) is 32.9. The largest absolute Gasteiger partial charge is 0.512 e. The summed E-state index contributed by atoms with van der Waals surface area (Å²) in [6, 6.07) is 21.1. The molecule has 0 atom stereocenters. The number of hydrogen-bond acceptors (Lipinski definition) is 5. The molecule has 0 unspecified atom stereocenters. The van der Waals surface area contributed by atoms with Crippen molar-refractivity contribution in [1.29, 1.82) is 0 Å². The molecule has 5 rings (SSSR count). The number of carbonyl (C=O) groups excluding carboxylic acids is 1. The molecule has 0 saturated carbocycles. The fraction of sp³-hybridized carbons (Fsp3) is 0.410. The summed E-state index contributed by atoms with van der Waals surface area (Å²) in [7, 11) is -1.46. The first-order chi connectivity index (χ1) is 21.4. The van der Waals surface area contributed by atoms with Crippen molar-refractivity contribution in [3.63, 3.8) is 0 Å². The van der Waals surface area contributed by atoms with Gasteiger partial charge in [0.25, 0.3) is 0 Å². The van der Waals surface area contributed by atoms with Crippen molar-refractivity contribution in [2.75, 3.05) is 0 Å². The van der Waals surface area contributed by atoms with Crippen molar-refractivity contribution in [3.05, 3.63) is 78.3 Å². The Morgan fingerprint density at radius 1 is 0.891 bits per heavy atom. The number of aliphatic hydroxyl groups is 1. The zero-order valence-electron chi connectivity index (χ0n) is 28.8. The first kappa shape index (κ1) is 37.8. The molecule has 0 aliphatic heterocycles. The minimum absolute atomic E-state index is 0. The maximum atomic E-state index is 11.7. The van der Waals surface area contributed by atoms with E-state index in [0.717, 1.165) is 47.8 Å². The van der Waals surface area contributed by atoms with Gasteiger partial charge in [-0.25, -0.2) is 4.98 Å². The fourth-order valence-corrected chi connectivity index (χ4v) is 9.68. The Hall–Kier alpha value is -2.70. The Kier molecular flexibility index (Phi) is 13.5. The van der Waals surface area contributed by atoms with Crippen molar-refractivity contribution < 1.29 is 30.0 Å². The summed E-state index contributed by atoms with van der Waals surface area (Å²) in [4.78, 5) is 21.2. The Morgan fingerprint density at radius 3 is 2.13 bits per heavy atom. The molecule has 2 aromatic heterocycles. The molecule has 3 aromatic carbocycles. The van der Waals surface area contributed by atoms with Crippen LogP contribution in [-0.4, -0.2) is 28.9 Å². The van der Waals surface area contributed by atoms with Crippen LogP contribution in [0.3, 0.4) is 0 Å². The van der Waals surface area contributed by atoms with E-state index in [2.05, 4.69) is 88.1 Å². The molecule has 0 aliphatic rings. The number of ketones is 1. The number of carbonyl (C=O) groups is 1. The van der Waals surface area contributed by atoms with Crippen LogP contribution in [0.5, 0.6) is 0 Å². The number of thiophene rings is 1. The Bertz CT molecular complexity index is 1810. The second-order valence-corrected chi connectivity index (χ2v) is 19.3. The molecule has 0 bridgehead atoms. The quantitative estimate of drug-likeness (QED) is 0.0659. The second kappa shape index (κ2) is 16.4. The number of rotatable bonds is 10. The number of nitrogens with zero attached hydrogens (tertiary/aromatic N) is 2. The Morgan fingerprint density at radius 2 is 1.52 bits per heavy atom. The zero-order valence-corrected chi connectivity index (χ0v) is 33.0. The van der Waals surface area contributed by atoms with Crippen LogP contribution in [0.15, 0.2) is 66.7 Å². The van der Waals surface area contributed by atoms with Gasteiger partial charge in [0.05, 0.1) is 19.3 Å². The van der Waals surface area contributed by atoms with Gasteiger partial charge in [0.15, 0.2) is 5.78 Å². The molecular formula is C39H49IrN2O2SSi-. The third kappa shape index (κ3) is 8.22. The van der Waals surface area contributed by atoms with Crippen LogP contribution in [0.1, 0.15) is 78.7 Å². The second-order valence-electron chi connectivity index (χ2n) is 13.3. The van der Waals surface area contributed by atoms with Crippen molar-refractivity contribution in [2.24, 2.45) is 11.8 Å². The van der Waals surface area contributed by atoms with Crippen LogP contribution in [0.2, 0.25) is 19.6 Å². The summed E-state index contributed by atoms with van der Waals surface area (Å²) in [5.74, 6) is 0.979. The van der Waals surface area contributed by atoms with Gasteiger partial charge in [-0.05, 0) is 36.8 Å². The normalized spacial score (nSPS) is 12.2. The van der Waals surface area contributed by atoms with Gasteiger partial charge in [0, 0.05) is 58.5 Å². The maximum Gasteiger partial charge on any atom is 0.162 e. The molecule has 0 fully saturated rings. The number of fused-ring (bicyclic) bond motifs is 4. The van der Waals surface area contributed by atoms with E-state index >= 15 is 0 Å². The molecule has 2 heterocycles. The summed E-state index contributed by atoms with van der Waals surface area (Å²) in [5, 5.41) is 14.9. The van der Waals surface area contributed by atoms with Gasteiger partial charge >= 0.3 is 0 Å². The molecule has 7 heteroatoms. The van der Waals surface area contributed by atoms with Gasteiger partial charge in [-0.1, -0.05) is 109 Å². The van der Waals surface area contributed by atoms with E-state index in [1.165, 1.54) is 37.0 Å². The molecular weight excluding hydrogens is 781 g/mol. The summed E-state index contributed by atoms with van der Waals surface area (Å²) >= 11 is 1.85. The number of allylic oxidation sites excluding steroid dienone is 2. The molecule has 0 spiro atoms. The molecule has 4 nitrogen and oxygen atoms in total. The molecule has 5 aromatic rings. The SMILES string of the molecule is CC(C)c1cc(-c2ncnc3c2sc2c([Si](C)(C)C)cccc23)[c-]c2ccccc12.CCC(CC)C(=O)/C=C(\O)C(CC)CC.[Ir]. The summed E-state index contributed by atoms with van der Waals surface area (Å²) < 4.78 is 2.54. The van der Waals surface area contributed by atoms with Crippen molar-refractivity contribution in [3.8, 4) is 11.3 Å². The molecule has 1 radical (unpaired) electrons. The van der Waals surface area contributed by atoms with E-state index in [1.807, 2.05) is 39.0 Å². The van der Waals surface area contributed by atoms with Crippen molar-refractivity contribution in [1.82, 2.24) is 9.97 Å². The van der Waals surface area contributed by atoms with E-state index in [9.17, 15) is 9.90 Å². The van der Waals surface area contributed by atoms with Gasteiger partial charge in [0.1, 0.15) is 6.33 Å². The van der Waals surface area contributed by atoms with Gasteiger partial charge in [-0.3, -0.25) is 9.78 Å². The Balaban J connectivity index is 0.000000309. The van der Waals surface area contributed by atoms with E-state index in [1.54, 1.807) is 6.33 Å². The molecule has 1 N–H and O–H groups in total. The number of benzene rings is 3. The minimum atomic E-state index is -1.46. The van der Waals surface area contributed by atoms with E-state index in [-0.39, 0.29) is 43.5 Å². The average Bonchev–Trinajstić information content (AvgIpc) is 3.40. The topological polar surface area (TPSA) is 63.1 Å². The fourth-order valence-electron chi connectivity index (χ4n) is 6.02. The molecule has 0 amide bonds. The Labute approximate surface area is 294 Å². The molecule has 0 aliphatic carbocycles. The van der Waals surface area contributed by atoms with Crippen LogP contribution >= 0.6 is 11.3 Å². The third-order valence-electron chi connectivity index (χ3n) is 8.85. The van der Waals surface area contributed by atoms with Crippen LogP contribution < -0.4 is 5.19 Å². The van der Waals surface area contributed by atoms with Crippen LogP contribution in [0.25, 0.3) is 42.3 Å². The predicted molar refractivity (Wildman–Crippen MR) is 198 cm³/mol. The molecule has 46 heavy (non-hydrogen) atoms. The smallest absolute Gasteiger partial charge is 0.162 e. The van der Waals surface area contributed by atoms with Gasteiger partial charge in [0.2, 0.25) is 0 Å². The van der Waals surface area contributed by atoms with E-state index in [0.29, 0.717) is 5.92 Å². The van der Waals surface area contributed by atoms with E-state index in [4.69, 9.17) is 9.97 Å². The number of aliphatic hydroxyl groups excluding tert-OH is 1.